The summed E-state index contributed by atoms with van der Waals surface area (Å²) in [5, 5.41) is 2.87. The quantitative estimate of drug-likeness (QED) is 0.724. The molecular formula is C19H26BrNO2. The molecule has 0 aromatic heterocycles. The lowest BCUT2D eigenvalue weighted by atomic mass is 10.1. The Balaban J connectivity index is 2.67. The zero-order chi connectivity index (χ0) is 17.3. The first-order valence-corrected chi connectivity index (χ1v) is 8.82. The van der Waals surface area contributed by atoms with Crippen LogP contribution in [0, 0.1) is 11.8 Å². The van der Waals surface area contributed by atoms with Crippen molar-refractivity contribution in [1.29, 1.82) is 0 Å². The zero-order valence-corrected chi connectivity index (χ0v) is 16.0. The lowest BCUT2D eigenvalue weighted by Gasteiger charge is -2.21. The van der Waals surface area contributed by atoms with Gasteiger partial charge in [0.25, 0.3) is 0 Å². The van der Waals surface area contributed by atoms with E-state index in [4.69, 9.17) is 4.74 Å². The second-order valence-corrected chi connectivity index (χ2v) is 7.25. The highest BCUT2D eigenvalue weighted by Crippen LogP contribution is 2.18. The summed E-state index contributed by atoms with van der Waals surface area (Å²) in [7, 11) is 0. The van der Waals surface area contributed by atoms with Crippen LogP contribution in [0.15, 0.2) is 28.7 Å². The number of halogens is 1. The monoisotopic (exact) mass is 379 g/mol. The van der Waals surface area contributed by atoms with Crippen molar-refractivity contribution in [3.05, 3.63) is 34.3 Å². The van der Waals surface area contributed by atoms with Crippen LogP contribution in [0.1, 0.15) is 52.5 Å². The second-order valence-electron chi connectivity index (χ2n) is 6.40. The van der Waals surface area contributed by atoms with Gasteiger partial charge in [-0.3, -0.25) is 0 Å². The molecule has 0 unspecified atom stereocenters. The van der Waals surface area contributed by atoms with E-state index >= 15 is 0 Å². The number of nitrogens with one attached hydrogen (secondary N) is 1. The third-order valence-corrected chi connectivity index (χ3v) is 3.78. The summed E-state index contributed by atoms with van der Waals surface area (Å²) < 4.78 is 6.40. The van der Waals surface area contributed by atoms with Gasteiger partial charge < -0.3 is 10.1 Å². The SMILES string of the molecule is CCCC#C[C@@H](CCc1ccccc1Br)NC(=O)OC(C)(C)C. The Labute approximate surface area is 148 Å². The molecule has 1 aromatic rings. The number of unbranched alkanes of at least 4 members (excludes halogenated alkanes) is 1. The molecule has 1 aromatic carbocycles. The lowest BCUT2D eigenvalue weighted by Crippen LogP contribution is -2.38. The molecule has 1 N–H and O–H groups in total. The number of hydrogen-bond donors (Lipinski definition) is 1. The van der Waals surface area contributed by atoms with Gasteiger partial charge in [-0.15, -0.1) is 5.92 Å². The van der Waals surface area contributed by atoms with Crippen molar-refractivity contribution in [2.75, 3.05) is 0 Å². The lowest BCUT2D eigenvalue weighted by molar-refractivity contribution is 0.0514. The largest absolute Gasteiger partial charge is 0.444 e. The minimum atomic E-state index is -0.506. The molecule has 0 heterocycles. The van der Waals surface area contributed by atoms with Gasteiger partial charge in [0.1, 0.15) is 5.60 Å². The predicted octanol–water partition coefficient (Wildman–Crippen LogP) is 5.08. The summed E-state index contributed by atoms with van der Waals surface area (Å²) in [4.78, 5) is 12.0. The number of carbonyl (C=O) groups excluding carboxylic acids is 1. The molecule has 0 spiro atoms. The van der Waals surface area contributed by atoms with Crippen molar-refractivity contribution in [3.63, 3.8) is 0 Å². The Morgan fingerprint density at radius 1 is 1.35 bits per heavy atom. The Morgan fingerprint density at radius 2 is 2.04 bits per heavy atom. The van der Waals surface area contributed by atoms with Crippen LogP contribution in [0.25, 0.3) is 0 Å². The molecule has 23 heavy (non-hydrogen) atoms. The molecule has 0 radical (unpaired) electrons. The van der Waals surface area contributed by atoms with Gasteiger partial charge in [0.15, 0.2) is 0 Å². The number of benzene rings is 1. The number of hydrogen-bond acceptors (Lipinski definition) is 2. The predicted molar refractivity (Wildman–Crippen MR) is 98.3 cm³/mol. The summed E-state index contributed by atoms with van der Waals surface area (Å²) in [6.07, 6.45) is 3.01. The van der Waals surface area contributed by atoms with Crippen LogP contribution in [-0.4, -0.2) is 17.7 Å². The highest BCUT2D eigenvalue weighted by atomic mass is 79.9. The topological polar surface area (TPSA) is 38.3 Å². The standard InChI is InChI=1S/C19H26BrNO2/c1-5-6-7-11-16(21-18(22)23-19(2,3)4)14-13-15-10-8-9-12-17(15)20/h8-10,12,16H,5-6,13-14H2,1-4H3,(H,21,22)/t16-/m0/s1. The first kappa shape index (κ1) is 19.6. The molecule has 0 saturated carbocycles. The van der Waals surface area contributed by atoms with Gasteiger partial charge in [0.2, 0.25) is 0 Å². The van der Waals surface area contributed by atoms with Crippen molar-refractivity contribution >= 4 is 22.0 Å². The maximum atomic E-state index is 12.0. The number of carbonyl (C=O) groups is 1. The van der Waals surface area contributed by atoms with Gasteiger partial charge in [-0.05, 0) is 51.7 Å². The van der Waals surface area contributed by atoms with E-state index in [1.165, 1.54) is 5.56 Å². The van der Waals surface area contributed by atoms with E-state index in [2.05, 4.69) is 46.1 Å². The average Bonchev–Trinajstić information content (AvgIpc) is 2.44. The fraction of sp³-hybridized carbons (Fsp3) is 0.526. The normalized spacial score (nSPS) is 12.0. The molecule has 1 atom stereocenters. The third kappa shape index (κ3) is 8.66. The number of amides is 1. The summed E-state index contributed by atoms with van der Waals surface area (Å²) >= 11 is 3.55. The van der Waals surface area contributed by atoms with E-state index in [0.29, 0.717) is 0 Å². The molecule has 1 rings (SSSR count). The second kappa shape index (κ2) is 9.62. The van der Waals surface area contributed by atoms with Gasteiger partial charge in [-0.2, -0.15) is 0 Å². The number of ether oxygens (including phenoxy) is 1. The fourth-order valence-corrected chi connectivity index (χ4v) is 2.43. The van der Waals surface area contributed by atoms with Crippen LogP contribution < -0.4 is 5.32 Å². The summed E-state index contributed by atoms with van der Waals surface area (Å²) in [5.41, 5.74) is 0.703. The van der Waals surface area contributed by atoms with Crippen LogP contribution in [-0.2, 0) is 11.2 Å². The smallest absolute Gasteiger partial charge is 0.408 e. The van der Waals surface area contributed by atoms with Crippen molar-refractivity contribution in [3.8, 4) is 11.8 Å². The molecule has 1 amide bonds. The highest BCUT2D eigenvalue weighted by Gasteiger charge is 2.18. The Morgan fingerprint density at radius 3 is 2.65 bits per heavy atom. The van der Waals surface area contributed by atoms with Crippen LogP contribution >= 0.6 is 15.9 Å². The van der Waals surface area contributed by atoms with Gasteiger partial charge in [-0.1, -0.05) is 47.0 Å². The van der Waals surface area contributed by atoms with E-state index in [0.717, 1.165) is 30.2 Å². The van der Waals surface area contributed by atoms with Crippen molar-refractivity contribution in [1.82, 2.24) is 5.32 Å². The van der Waals surface area contributed by atoms with E-state index in [1.54, 1.807) is 0 Å². The van der Waals surface area contributed by atoms with Gasteiger partial charge >= 0.3 is 6.09 Å². The molecule has 0 aliphatic carbocycles. The minimum Gasteiger partial charge on any atom is -0.444 e. The molecule has 0 aliphatic heterocycles. The van der Waals surface area contributed by atoms with Gasteiger partial charge in [0, 0.05) is 10.9 Å². The molecule has 0 bridgehead atoms. The molecule has 0 aliphatic rings. The van der Waals surface area contributed by atoms with Crippen molar-refractivity contribution < 1.29 is 9.53 Å². The number of rotatable bonds is 5. The molecule has 126 valence electrons. The summed E-state index contributed by atoms with van der Waals surface area (Å²) in [5.74, 6) is 6.27. The third-order valence-electron chi connectivity index (χ3n) is 3.00. The number of alkyl carbamates (subject to hydrolysis) is 1. The molecule has 0 fully saturated rings. The highest BCUT2D eigenvalue weighted by molar-refractivity contribution is 9.10. The molecule has 3 nitrogen and oxygen atoms in total. The molecule has 4 heteroatoms. The van der Waals surface area contributed by atoms with E-state index in [-0.39, 0.29) is 6.04 Å². The minimum absolute atomic E-state index is 0.205. The van der Waals surface area contributed by atoms with Crippen LogP contribution in [0.4, 0.5) is 4.79 Å². The molecular weight excluding hydrogens is 354 g/mol. The Hall–Kier alpha value is -1.47. The Kier molecular flexibility index (Phi) is 8.19. The van der Waals surface area contributed by atoms with Crippen molar-refractivity contribution in [2.24, 2.45) is 0 Å². The van der Waals surface area contributed by atoms with E-state index in [1.807, 2.05) is 39.0 Å². The van der Waals surface area contributed by atoms with Crippen molar-refractivity contribution in [2.45, 2.75) is 65.0 Å². The van der Waals surface area contributed by atoms with Crippen LogP contribution in [0.3, 0.4) is 0 Å². The first-order chi connectivity index (χ1) is 10.8. The Bertz CT molecular complexity index is 567. The maximum Gasteiger partial charge on any atom is 0.408 e. The van der Waals surface area contributed by atoms with Crippen LogP contribution in [0.2, 0.25) is 0 Å². The summed E-state index contributed by atoms with van der Waals surface area (Å²) in [6, 6.07) is 7.90. The average molecular weight is 380 g/mol. The number of aryl methyl sites for hydroxylation is 1. The van der Waals surface area contributed by atoms with E-state index in [9.17, 15) is 4.79 Å². The zero-order valence-electron chi connectivity index (χ0n) is 14.4. The van der Waals surface area contributed by atoms with E-state index < -0.39 is 11.7 Å². The maximum absolute atomic E-state index is 12.0. The summed E-state index contributed by atoms with van der Waals surface area (Å²) in [6.45, 7) is 7.65. The molecule has 0 saturated heterocycles. The van der Waals surface area contributed by atoms with Gasteiger partial charge in [0.05, 0.1) is 6.04 Å². The first-order valence-electron chi connectivity index (χ1n) is 8.03. The fourth-order valence-electron chi connectivity index (χ4n) is 1.95. The van der Waals surface area contributed by atoms with Crippen LogP contribution in [0.5, 0.6) is 0 Å². The van der Waals surface area contributed by atoms with Gasteiger partial charge in [-0.25, -0.2) is 4.79 Å².